The number of carbonyl (C=O) groups is 1. The molecule has 0 bridgehead atoms. The average Bonchev–Trinajstić information content (AvgIpc) is 2.39. The molecule has 0 rings (SSSR count). The van der Waals surface area contributed by atoms with Crippen LogP contribution in [0.4, 0.5) is 4.79 Å². The lowest BCUT2D eigenvalue weighted by atomic mass is 10.3. The van der Waals surface area contributed by atoms with Crippen molar-refractivity contribution >= 4 is 14.4 Å². The zero-order valence-corrected chi connectivity index (χ0v) is 15.9. The Kier molecular flexibility index (Phi) is 8.90. The molecule has 21 heavy (non-hydrogen) atoms. The largest absolute Gasteiger partial charge is 0.453 e. The summed E-state index contributed by atoms with van der Waals surface area (Å²) in [6.45, 7) is 16.2. The molecule has 0 saturated heterocycles. The van der Waals surface area contributed by atoms with Gasteiger partial charge >= 0.3 is 6.09 Å². The van der Waals surface area contributed by atoms with Gasteiger partial charge in [0.05, 0.1) is 13.2 Å². The third-order valence-electron chi connectivity index (χ3n) is 4.05. The first-order valence-electron chi connectivity index (χ1n) is 7.84. The summed E-state index contributed by atoms with van der Waals surface area (Å²) in [5.74, 6) is 0. The van der Waals surface area contributed by atoms with Crippen LogP contribution < -0.4 is 5.32 Å². The first-order chi connectivity index (χ1) is 9.68. The molecular formula is C16H33NO3Si. The van der Waals surface area contributed by atoms with Gasteiger partial charge in [0, 0.05) is 6.54 Å². The molecule has 0 aliphatic heterocycles. The summed E-state index contributed by atoms with van der Waals surface area (Å²) < 4.78 is 11.1. The Bertz CT molecular complexity index is 319. The van der Waals surface area contributed by atoms with E-state index in [4.69, 9.17) is 4.43 Å². The Morgan fingerprint density at radius 1 is 1.05 bits per heavy atom. The fourth-order valence-electron chi connectivity index (χ4n) is 3.24. The SMILES string of the molecule is COC(=O)NC/C=C/[C@H](C)O[Si](C(C)C)(C(C)C)C(C)C. The number of hydrogen-bond donors (Lipinski definition) is 1. The Hall–Kier alpha value is -0.813. The van der Waals surface area contributed by atoms with E-state index in [0.717, 1.165) is 0 Å². The predicted octanol–water partition coefficient (Wildman–Crippen LogP) is 4.48. The van der Waals surface area contributed by atoms with Crippen LogP contribution in [0.5, 0.6) is 0 Å². The summed E-state index contributed by atoms with van der Waals surface area (Å²) >= 11 is 0. The zero-order valence-electron chi connectivity index (χ0n) is 14.9. The molecule has 0 aromatic rings. The lowest BCUT2D eigenvalue weighted by Crippen LogP contribution is -2.49. The van der Waals surface area contributed by atoms with Crippen LogP contribution >= 0.6 is 0 Å². The van der Waals surface area contributed by atoms with Crippen molar-refractivity contribution in [3.05, 3.63) is 12.2 Å². The van der Waals surface area contributed by atoms with Crippen molar-refractivity contribution in [1.29, 1.82) is 0 Å². The molecule has 0 aromatic heterocycles. The van der Waals surface area contributed by atoms with Crippen LogP contribution in [0.1, 0.15) is 48.5 Å². The number of amides is 1. The van der Waals surface area contributed by atoms with E-state index in [0.29, 0.717) is 23.2 Å². The van der Waals surface area contributed by atoms with Gasteiger partial charge in [-0.3, -0.25) is 0 Å². The molecule has 0 spiro atoms. The van der Waals surface area contributed by atoms with Crippen LogP contribution in [0.15, 0.2) is 12.2 Å². The van der Waals surface area contributed by atoms with Gasteiger partial charge in [-0.15, -0.1) is 0 Å². The summed E-state index contributed by atoms with van der Waals surface area (Å²) in [5.41, 5.74) is 1.71. The monoisotopic (exact) mass is 315 g/mol. The topological polar surface area (TPSA) is 47.6 Å². The molecule has 0 saturated carbocycles. The first-order valence-corrected chi connectivity index (χ1v) is 9.98. The minimum absolute atomic E-state index is 0.0586. The van der Waals surface area contributed by atoms with Crippen molar-refractivity contribution in [3.8, 4) is 0 Å². The second kappa shape index (κ2) is 9.25. The van der Waals surface area contributed by atoms with Crippen molar-refractivity contribution in [2.24, 2.45) is 0 Å². The Morgan fingerprint density at radius 2 is 1.52 bits per heavy atom. The number of alkyl carbamates (subject to hydrolysis) is 1. The molecule has 1 amide bonds. The van der Waals surface area contributed by atoms with Gasteiger partial charge in [-0.2, -0.15) is 0 Å². The molecule has 0 radical (unpaired) electrons. The highest BCUT2D eigenvalue weighted by Gasteiger charge is 2.45. The fraction of sp³-hybridized carbons (Fsp3) is 0.812. The van der Waals surface area contributed by atoms with E-state index in [-0.39, 0.29) is 6.10 Å². The van der Waals surface area contributed by atoms with Gasteiger partial charge < -0.3 is 14.5 Å². The van der Waals surface area contributed by atoms with E-state index in [1.807, 2.05) is 12.2 Å². The normalized spacial score (nSPS) is 14.2. The smallest absolute Gasteiger partial charge is 0.407 e. The summed E-state index contributed by atoms with van der Waals surface area (Å²) in [6.07, 6.45) is 3.58. The van der Waals surface area contributed by atoms with E-state index in [2.05, 4.69) is 58.5 Å². The van der Waals surface area contributed by atoms with Crippen LogP contribution in [0.3, 0.4) is 0 Å². The quantitative estimate of drug-likeness (QED) is 0.530. The summed E-state index contributed by atoms with van der Waals surface area (Å²) in [6, 6.07) is 0. The number of ether oxygens (including phenoxy) is 1. The second-order valence-electron chi connectivity index (χ2n) is 6.44. The standard InChI is InChI=1S/C16H33NO3Si/c1-12(2)21(13(3)4,14(5)6)20-15(7)10-9-11-17-16(18)19-8/h9-10,12-15H,11H2,1-8H3,(H,17,18)/b10-9+/t15-/m0/s1. The number of methoxy groups -OCH3 is 1. The van der Waals surface area contributed by atoms with Crippen LogP contribution in [0, 0.1) is 0 Å². The molecule has 1 atom stereocenters. The van der Waals surface area contributed by atoms with Crippen molar-refractivity contribution < 1.29 is 14.0 Å². The van der Waals surface area contributed by atoms with Crippen molar-refractivity contribution in [1.82, 2.24) is 5.32 Å². The molecule has 0 fully saturated rings. The summed E-state index contributed by atoms with van der Waals surface area (Å²) in [5, 5.41) is 2.63. The van der Waals surface area contributed by atoms with Crippen molar-refractivity contribution in [2.45, 2.75) is 71.2 Å². The van der Waals surface area contributed by atoms with Gasteiger partial charge in [-0.1, -0.05) is 53.7 Å². The highest BCUT2D eigenvalue weighted by atomic mass is 28.4. The minimum Gasteiger partial charge on any atom is -0.453 e. The maximum absolute atomic E-state index is 11.0. The molecule has 0 aliphatic rings. The van der Waals surface area contributed by atoms with Gasteiger partial charge in [-0.25, -0.2) is 4.79 Å². The van der Waals surface area contributed by atoms with Crippen molar-refractivity contribution in [2.75, 3.05) is 13.7 Å². The molecule has 4 nitrogen and oxygen atoms in total. The van der Waals surface area contributed by atoms with E-state index in [1.165, 1.54) is 7.11 Å². The summed E-state index contributed by atoms with van der Waals surface area (Å²) in [7, 11) is -0.483. The molecule has 5 heteroatoms. The highest BCUT2D eigenvalue weighted by molar-refractivity contribution is 6.77. The molecule has 0 aliphatic carbocycles. The number of hydrogen-bond acceptors (Lipinski definition) is 3. The summed E-state index contributed by atoms with van der Waals surface area (Å²) in [4.78, 5) is 11.0. The van der Waals surface area contributed by atoms with E-state index in [1.54, 1.807) is 0 Å². The number of rotatable bonds is 8. The Balaban J connectivity index is 4.72. The molecule has 0 aromatic carbocycles. The average molecular weight is 316 g/mol. The fourth-order valence-corrected chi connectivity index (χ4v) is 8.78. The van der Waals surface area contributed by atoms with Crippen LogP contribution in [-0.2, 0) is 9.16 Å². The van der Waals surface area contributed by atoms with Crippen molar-refractivity contribution in [3.63, 3.8) is 0 Å². The maximum Gasteiger partial charge on any atom is 0.407 e. The van der Waals surface area contributed by atoms with Gasteiger partial charge in [0.2, 0.25) is 8.32 Å². The van der Waals surface area contributed by atoms with Gasteiger partial charge in [-0.05, 0) is 23.5 Å². The Morgan fingerprint density at radius 3 is 1.90 bits per heavy atom. The van der Waals surface area contributed by atoms with Gasteiger partial charge in [0.15, 0.2) is 0 Å². The lowest BCUT2D eigenvalue weighted by Gasteiger charge is -2.43. The van der Waals surface area contributed by atoms with Crippen LogP contribution in [0.2, 0.25) is 16.6 Å². The van der Waals surface area contributed by atoms with Gasteiger partial charge in [0.25, 0.3) is 0 Å². The number of carbonyl (C=O) groups excluding carboxylic acids is 1. The van der Waals surface area contributed by atoms with E-state index < -0.39 is 14.4 Å². The number of nitrogens with one attached hydrogen (secondary N) is 1. The van der Waals surface area contributed by atoms with Crippen LogP contribution in [-0.4, -0.2) is 34.2 Å². The third-order valence-corrected chi connectivity index (χ3v) is 10.2. The molecule has 0 unspecified atom stereocenters. The van der Waals surface area contributed by atoms with Crippen LogP contribution in [0.25, 0.3) is 0 Å². The first kappa shape index (κ1) is 20.2. The van der Waals surface area contributed by atoms with E-state index in [9.17, 15) is 4.79 Å². The Labute approximate surface area is 131 Å². The predicted molar refractivity (Wildman–Crippen MR) is 91.1 cm³/mol. The minimum atomic E-state index is -1.84. The second-order valence-corrected chi connectivity index (χ2v) is 11.8. The molecule has 124 valence electrons. The molecule has 0 heterocycles. The lowest BCUT2D eigenvalue weighted by molar-refractivity contribution is 0.172. The zero-order chi connectivity index (χ0) is 16.6. The molecular weight excluding hydrogens is 282 g/mol. The third kappa shape index (κ3) is 5.83. The van der Waals surface area contributed by atoms with Gasteiger partial charge in [0.1, 0.15) is 0 Å². The van der Waals surface area contributed by atoms with E-state index >= 15 is 0 Å². The maximum atomic E-state index is 11.0. The molecule has 1 N–H and O–H groups in total. The highest BCUT2D eigenvalue weighted by Crippen LogP contribution is 2.42.